The first-order chi connectivity index (χ1) is 25.8. The van der Waals surface area contributed by atoms with Gasteiger partial charge in [0.15, 0.2) is 0 Å². The Morgan fingerprint density at radius 1 is 0.704 bits per heavy atom. The van der Waals surface area contributed by atoms with E-state index in [0.29, 0.717) is 24.7 Å². The number of likely N-dealkylation sites (tertiary alicyclic amines) is 2. The van der Waals surface area contributed by atoms with Crippen molar-refractivity contribution in [1.29, 1.82) is 0 Å². The van der Waals surface area contributed by atoms with Gasteiger partial charge in [-0.05, 0) is 73.9 Å². The summed E-state index contributed by atoms with van der Waals surface area (Å²) in [5.41, 5.74) is 4.81. The van der Waals surface area contributed by atoms with Crippen molar-refractivity contribution in [2.45, 2.75) is 77.5 Å². The van der Waals surface area contributed by atoms with Crippen LogP contribution in [0, 0.1) is 23.7 Å². The maximum atomic E-state index is 13.8. The number of hydrogen-bond donors (Lipinski definition) is 2. The van der Waals surface area contributed by atoms with E-state index in [2.05, 4.69) is 21.8 Å². The minimum Gasteiger partial charge on any atom is -0.453 e. The van der Waals surface area contributed by atoms with Crippen molar-refractivity contribution in [2.24, 2.45) is 11.8 Å². The Balaban J connectivity index is 1.19. The van der Waals surface area contributed by atoms with E-state index in [1.165, 1.54) is 24.0 Å². The fourth-order valence-corrected chi connectivity index (χ4v) is 7.95. The predicted molar refractivity (Wildman–Crippen MR) is 203 cm³/mol. The predicted octanol–water partition coefficient (Wildman–Crippen LogP) is 5.61. The number of hydrogen-bond acceptors (Lipinski definition) is 8. The lowest BCUT2D eigenvalue weighted by Crippen LogP contribution is -2.51. The van der Waals surface area contributed by atoms with Crippen LogP contribution in [-0.4, -0.2) is 117 Å². The Labute approximate surface area is 315 Å². The van der Waals surface area contributed by atoms with Gasteiger partial charge in [0.2, 0.25) is 11.8 Å². The van der Waals surface area contributed by atoms with Gasteiger partial charge in [-0.15, -0.1) is 0 Å². The van der Waals surface area contributed by atoms with Crippen LogP contribution in [0.1, 0.15) is 88.2 Å². The summed E-state index contributed by atoms with van der Waals surface area (Å²) in [6.45, 7) is 8.87. The number of methoxy groups -OCH3 is 2. The number of rotatable bonds is 8. The van der Waals surface area contributed by atoms with Crippen LogP contribution in [0.25, 0.3) is 22.1 Å². The molecule has 54 heavy (non-hydrogen) atoms. The van der Waals surface area contributed by atoms with Gasteiger partial charge in [0.05, 0.1) is 48.4 Å². The Bertz CT molecular complexity index is 1960. The van der Waals surface area contributed by atoms with Gasteiger partial charge < -0.3 is 29.2 Å². The Hall–Kier alpha value is -5.58. The molecule has 2 fully saturated rings. The third-order valence-electron chi connectivity index (χ3n) is 10.6. The number of carbonyl (C=O) groups is 4. The molecular weight excluding hydrogens is 688 g/mol. The number of aromatic amines is 2. The lowest BCUT2D eigenvalue weighted by molar-refractivity contribution is -0.139. The molecule has 14 nitrogen and oxygen atoms in total. The van der Waals surface area contributed by atoms with Gasteiger partial charge in [-0.3, -0.25) is 19.4 Å². The molecule has 0 aliphatic carbocycles. The molecule has 4 heterocycles. The van der Waals surface area contributed by atoms with Gasteiger partial charge in [-0.25, -0.2) is 19.6 Å². The van der Waals surface area contributed by atoms with Crippen LogP contribution in [0.3, 0.4) is 0 Å². The second-order valence-electron chi connectivity index (χ2n) is 14.9. The molecular formula is C40H50N8O6. The molecule has 2 aliphatic heterocycles. The molecule has 4 aromatic rings. The normalized spacial score (nSPS) is 18.2. The van der Waals surface area contributed by atoms with Crippen molar-refractivity contribution < 1.29 is 28.7 Å². The van der Waals surface area contributed by atoms with Crippen LogP contribution in [0.15, 0.2) is 36.4 Å². The van der Waals surface area contributed by atoms with E-state index in [1.54, 1.807) is 14.1 Å². The van der Waals surface area contributed by atoms with Gasteiger partial charge in [-0.1, -0.05) is 39.5 Å². The smallest absolute Gasteiger partial charge is 0.409 e. The van der Waals surface area contributed by atoms with Crippen LogP contribution in [-0.2, 0) is 19.1 Å². The fourth-order valence-electron chi connectivity index (χ4n) is 7.95. The van der Waals surface area contributed by atoms with E-state index in [1.807, 2.05) is 73.9 Å². The van der Waals surface area contributed by atoms with Crippen molar-refractivity contribution in [3.05, 3.63) is 59.2 Å². The van der Waals surface area contributed by atoms with E-state index in [-0.39, 0.29) is 35.7 Å². The molecule has 0 radical (unpaired) electrons. The molecule has 286 valence electrons. The van der Waals surface area contributed by atoms with Crippen molar-refractivity contribution >= 4 is 46.1 Å². The molecule has 0 saturated carbocycles. The number of nitrogens with zero attached hydrogens (tertiary/aromatic N) is 6. The maximum absolute atomic E-state index is 13.8. The molecule has 0 bridgehead atoms. The van der Waals surface area contributed by atoms with E-state index in [4.69, 9.17) is 19.4 Å². The third kappa shape index (κ3) is 7.44. The third-order valence-corrected chi connectivity index (χ3v) is 10.6. The number of aromatic nitrogens is 4. The summed E-state index contributed by atoms with van der Waals surface area (Å²) in [7, 11) is 5.82. The fraction of sp³-hybridized carbons (Fsp3) is 0.500. The zero-order valence-corrected chi connectivity index (χ0v) is 32.3. The molecule has 14 heteroatoms. The minimum absolute atomic E-state index is 0.102. The summed E-state index contributed by atoms with van der Waals surface area (Å²) in [5.74, 6) is 7.51. The molecule has 4 amide bonds. The molecule has 2 saturated heterocycles. The average molecular weight is 739 g/mol. The first kappa shape index (κ1) is 38.2. The number of likely N-dealkylation sites (N-methyl/N-ethyl adjacent to an activating group) is 2. The number of nitrogens with one attached hydrogen (secondary N) is 2. The number of fused-ring (bicyclic) bond motifs is 2. The van der Waals surface area contributed by atoms with Gasteiger partial charge in [0.25, 0.3) is 0 Å². The van der Waals surface area contributed by atoms with Gasteiger partial charge in [0, 0.05) is 38.3 Å². The molecule has 0 spiro atoms. The number of H-pyrrole nitrogens is 2. The largest absolute Gasteiger partial charge is 0.453 e. The van der Waals surface area contributed by atoms with Crippen LogP contribution < -0.4 is 0 Å². The topological polar surface area (TPSA) is 157 Å². The highest BCUT2D eigenvalue weighted by Crippen LogP contribution is 2.35. The van der Waals surface area contributed by atoms with Crippen LogP contribution >= 0.6 is 0 Å². The van der Waals surface area contributed by atoms with Crippen LogP contribution in [0.5, 0.6) is 0 Å². The second kappa shape index (κ2) is 15.8. The summed E-state index contributed by atoms with van der Waals surface area (Å²) < 4.78 is 9.80. The Kier molecular flexibility index (Phi) is 11.2. The highest BCUT2D eigenvalue weighted by Gasteiger charge is 2.41. The van der Waals surface area contributed by atoms with Crippen LogP contribution in [0.2, 0.25) is 0 Å². The number of ether oxygens (including phenoxy) is 2. The van der Waals surface area contributed by atoms with Crippen molar-refractivity contribution in [1.82, 2.24) is 39.5 Å². The minimum atomic E-state index is -0.651. The van der Waals surface area contributed by atoms with E-state index in [0.717, 1.165) is 58.9 Å². The monoisotopic (exact) mass is 738 g/mol. The Morgan fingerprint density at radius 3 is 1.67 bits per heavy atom. The summed E-state index contributed by atoms with van der Waals surface area (Å²) >= 11 is 0. The highest BCUT2D eigenvalue weighted by molar-refractivity contribution is 5.87. The van der Waals surface area contributed by atoms with Gasteiger partial charge in [-0.2, -0.15) is 0 Å². The molecule has 2 N–H and O–H groups in total. The van der Waals surface area contributed by atoms with Crippen LogP contribution in [0.4, 0.5) is 9.59 Å². The van der Waals surface area contributed by atoms with Crippen molar-refractivity contribution in [3.8, 4) is 11.8 Å². The summed E-state index contributed by atoms with van der Waals surface area (Å²) in [6.07, 6.45) is 2.12. The molecule has 4 atom stereocenters. The zero-order valence-electron chi connectivity index (χ0n) is 32.3. The van der Waals surface area contributed by atoms with Crippen molar-refractivity contribution in [2.75, 3.05) is 41.4 Å². The standard InChI is InChI=1S/C40H50N8O6/c1-23(2)33(45(5)39(51)53-7)37(49)47-19-9-11-31(47)35-41-27-17-15-25(21-29(27)43-35)13-14-26-16-18-28-30(22-26)44-36(42-28)32-12-10-20-48(32)38(50)34(24(3)4)46(6)40(52)54-8/h15-18,21-24,31-34H,9-12,19-20H2,1-8H3,(H,41,43)(H,42,44)/t31-,32-,33-,34-/m0/s1. The number of carbonyl (C=O) groups excluding carboxylic acids is 4. The number of amides is 4. The van der Waals surface area contributed by atoms with E-state index in [9.17, 15) is 19.2 Å². The lowest BCUT2D eigenvalue weighted by atomic mass is 10.0. The number of imidazole rings is 2. The average Bonchev–Trinajstić information content (AvgIpc) is 3.97. The molecule has 2 aromatic carbocycles. The first-order valence-electron chi connectivity index (χ1n) is 18.6. The summed E-state index contributed by atoms with van der Waals surface area (Å²) in [4.78, 5) is 75.2. The summed E-state index contributed by atoms with van der Waals surface area (Å²) in [5, 5.41) is 0. The molecule has 0 unspecified atom stereocenters. The van der Waals surface area contributed by atoms with Gasteiger partial charge in [0.1, 0.15) is 23.7 Å². The lowest BCUT2D eigenvalue weighted by Gasteiger charge is -2.34. The highest BCUT2D eigenvalue weighted by atomic mass is 16.5. The molecule has 2 aliphatic rings. The second-order valence-corrected chi connectivity index (χ2v) is 14.9. The first-order valence-corrected chi connectivity index (χ1v) is 18.6. The summed E-state index contributed by atoms with van der Waals surface area (Å²) in [6, 6.07) is 9.87. The molecule has 6 rings (SSSR count). The van der Waals surface area contributed by atoms with E-state index >= 15 is 0 Å². The quantitative estimate of drug-likeness (QED) is 0.221. The number of benzene rings is 2. The van der Waals surface area contributed by atoms with Gasteiger partial charge >= 0.3 is 12.2 Å². The van der Waals surface area contributed by atoms with Crippen molar-refractivity contribution in [3.63, 3.8) is 0 Å². The molecule has 2 aromatic heterocycles. The Morgan fingerprint density at radius 2 is 1.17 bits per heavy atom. The zero-order chi connectivity index (χ0) is 38.8. The van der Waals surface area contributed by atoms with E-state index < -0.39 is 24.3 Å². The SMILES string of the molecule is COC(=O)N(C)[C@H](C(=O)N1CCC[C@H]1c1nc2cc(C#Cc3ccc4nc([C@@H]5CCCN5C(=O)[C@H](C(C)C)N(C)C(=O)OC)[nH]c4c3)ccc2[nH]1)C(C)C. The maximum Gasteiger partial charge on any atom is 0.409 e.